The molecule has 0 spiro atoms. The van der Waals surface area contributed by atoms with Crippen LogP contribution >= 0.6 is 0 Å². The summed E-state index contributed by atoms with van der Waals surface area (Å²) in [7, 11) is 4.04. The highest BCUT2D eigenvalue weighted by Gasteiger charge is 2.07. The first kappa shape index (κ1) is 19.3. The fourth-order valence-corrected chi connectivity index (χ4v) is 2.65. The summed E-state index contributed by atoms with van der Waals surface area (Å²) in [6.45, 7) is 0. The third-order valence-electron chi connectivity index (χ3n) is 4.21. The second-order valence-electron chi connectivity index (χ2n) is 6.64. The highest BCUT2D eigenvalue weighted by Crippen LogP contribution is 2.11. The van der Waals surface area contributed by atoms with Gasteiger partial charge in [-0.15, -0.1) is 0 Å². The van der Waals surface area contributed by atoms with Gasteiger partial charge in [-0.2, -0.15) is 0 Å². The van der Waals surface area contributed by atoms with Crippen LogP contribution in [0.3, 0.4) is 0 Å². The van der Waals surface area contributed by atoms with E-state index in [1.54, 1.807) is 6.21 Å². The molecule has 0 bridgehead atoms. The minimum Gasteiger partial charge on any atom is -0.379 e. The number of hydrogen-bond donors (Lipinski definition) is 0. The topological polar surface area (TPSA) is 24.8 Å². The van der Waals surface area contributed by atoms with E-state index >= 15 is 0 Å². The molecule has 3 rings (SSSR count). The Bertz CT molecular complexity index is 937. The van der Waals surface area contributed by atoms with Gasteiger partial charge in [-0.3, -0.25) is 0 Å². The van der Waals surface area contributed by atoms with Crippen molar-refractivity contribution in [1.29, 1.82) is 0 Å². The summed E-state index contributed by atoms with van der Waals surface area (Å²) in [5, 5.41) is 4.18. The van der Waals surface area contributed by atoms with Gasteiger partial charge < -0.3 is 9.74 Å². The van der Waals surface area contributed by atoms with Crippen molar-refractivity contribution in [1.82, 2.24) is 0 Å². The lowest BCUT2D eigenvalue weighted by atomic mass is 10.1. The number of hydrogen-bond acceptors (Lipinski definition) is 3. The van der Waals surface area contributed by atoms with Crippen molar-refractivity contribution in [2.75, 3.05) is 19.0 Å². The highest BCUT2D eigenvalue weighted by molar-refractivity contribution is 5.79. The van der Waals surface area contributed by atoms with Crippen LogP contribution in [0.5, 0.6) is 0 Å². The van der Waals surface area contributed by atoms with Crippen molar-refractivity contribution in [3.8, 4) is 11.8 Å². The molecular formula is C25H24N2O. The summed E-state index contributed by atoms with van der Waals surface area (Å²) in [6, 6.07) is 28.3. The molecule has 3 nitrogen and oxygen atoms in total. The number of anilines is 1. The zero-order chi connectivity index (χ0) is 19.6. The van der Waals surface area contributed by atoms with Crippen LogP contribution in [-0.4, -0.2) is 26.4 Å². The molecule has 0 saturated carbocycles. The van der Waals surface area contributed by atoms with Crippen LogP contribution in [0.4, 0.5) is 5.69 Å². The summed E-state index contributed by atoms with van der Waals surface area (Å²) in [6.07, 6.45) is 2.08. The van der Waals surface area contributed by atoms with Crippen molar-refractivity contribution in [2.45, 2.75) is 12.5 Å². The Labute approximate surface area is 167 Å². The Hall–Kier alpha value is -3.51. The van der Waals surface area contributed by atoms with E-state index in [1.807, 2.05) is 74.8 Å². The first-order valence-electron chi connectivity index (χ1n) is 9.28. The van der Waals surface area contributed by atoms with Gasteiger partial charge in [0.1, 0.15) is 0 Å². The predicted octanol–water partition coefficient (Wildman–Crippen LogP) is 4.77. The smallest absolute Gasteiger partial charge is 0.191 e. The van der Waals surface area contributed by atoms with E-state index in [2.05, 4.69) is 46.2 Å². The van der Waals surface area contributed by atoms with Crippen LogP contribution in [0, 0.1) is 11.8 Å². The highest BCUT2D eigenvalue weighted by atomic mass is 16.6. The summed E-state index contributed by atoms with van der Waals surface area (Å²) < 4.78 is 0. The lowest BCUT2D eigenvalue weighted by molar-refractivity contribution is 0.101. The van der Waals surface area contributed by atoms with Crippen molar-refractivity contribution < 1.29 is 4.84 Å². The molecule has 3 aromatic carbocycles. The second-order valence-corrected chi connectivity index (χ2v) is 6.64. The lowest BCUT2D eigenvalue weighted by Gasteiger charge is -2.12. The lowest BCUT2D eigenvalue weighted by Crippen LogP contribution is -2.11. The Morgan fingerprint density at radius 2 is 1.54 bits per heavy atom. The Kier molecular flexibility index (Phi) is 6.87. The fraction of sp³-hybridized carbons (Fsp3) is 0.160. The molecular weight excluding hydrogens is 344 g/mol. The molecule has 3 heteroatoms. The van der Waals surface area contributed by atoms with E-state index in [0.717, 1.165) is 16.8 Å². The Morgan fingerprint density at radius 1 is 0.893 bits per heavy atom. The maximum Gasteiger partial charge on any atom is 0.191 e. The first-order valence-corrected chi connectivity index (χ1v) is 9.28. The fourth-order valence-electron chi connectivity index (χ4n) is 2.65. The summed E-state index contributed by atoms with van der Waals surface area (Å²) in [5.41, 5.74) is 4.27. The first-order chi connectivity index (χ1) is 13.7. The van der Waals surface area contributed by atoms with Gasteiger partial charge in [0, 0.05) is 31.8 Å². The van der Waals surface area contributed by atoms with Crippen LogP contribution in [0.2, 0.25) is 0 Å². The molecule has 0 aliphatic rings. The molecule has 1 atom stereocenters. The number of nitrogens with zero attached hydrogens (tertiary/aromatic N) is 2. The van der Waals surface area contributed by atoms with Gasteiger partial charge in [-0.05, 0) is 35.4 Å². The van der Waals surface area contributed by atoms with Crippen molar-refractivity contribution in [3.63, 3.8) is 0 Å². The van der Waals surface area contributed by atoms with E-state index in [0.29, 0.717) is 6.42 Å². The molecule has 0 fully saturated rings. The van der Waals surface area contributed by atoms with E-state index in [-0.39, 0.29) is 6.10 Å². The summed E-state index contributed by atoms with van der Waals surface area (Å²) in [5.74, 6) is 6.38. The van der Waals surface area contributed by atoms with Crippen molar-refractivity contribution >= 4 is 11.9 Å². The van der Waals surface area contributed by atoms with Crippen molar-refractivity contribution in [2.24, 2.45) is 5.16 Å². The summed E-state index contributed by atoms with van der Waals surface area (Å²) in [4.78, 5) is 7.80. The van der Waals surface area contributed by atoms with Gasteiger partial charge in [-0.25, -0.2) is 0 Å². The standard InChI is InChI=1S/C25H24N2O/c1-27(2)24-16-13-23(14-17-24)20-26-28-25(19-22-11-7-4-8-12-22)18-15-21-9-5-3-6-10-21/h3-14,16-17,20,25H,19H2,1-2H3/b26-20+. The van der Waals surface area contributed by atoms with Crippen LogP contribution in [-0.2, 0) is 11.3 Å². The Balaban J connectivity index is 1.70. The van der Waals surface area contributed by atoms with Crippen LogP contribution in [0.25, 0.3) is 0 Å². The molecule has 0 amide bonds. The minimum atomic E-state index is -0.320. The van der Waals surface area contributed by atoms with E-state index < -0.39 is 0 Å². The van der Waals surface area contributed by atoms with Gasteiger partial charge in [0.15, 0.2) is 6.10 Å². The van der Waals surface area contributed by atoms with Crippen LogP contribution in [0.1, 0.15) is 16.7 Å². The normalized spacial score (nSPS) is 11.5. The number of oxime groups is 1. The molecule has 0 N–H and O–H groups in total. The monoisotopic (exact) mass is 368 g/mol. The van der Waals surface area contributed by atoms with Gasteiger partial charge in [0.25, 0.3) is 0 Å². The van der Waals surface area contributed by atoms with Crippen LogP contribution in [0.15, 0.2) is 90.1 Å². The maximum atomic E-state index is 5.73. The molecule has 0 aliphatic heterocycles. The zero-order valence-corrected chi connectivity index (χ0v) is 16.2. The van der Waals surface area contributed by atoms with Crippen molar-refractivity contribution in [3.05, 3.63) is 102 Å². The molecule has 0 saturated heterocycles. The average Bonchev–Trinajstić information content (AvgIpc) is 2.74. The Morgan fingerprint density at radius 3 is 2.18 bits per heavy atom. The molecule has 0 aromatic heterocycles. The summed E-state index contributed by atoms with van der Waals surface area (Å²) >= 11 is 0. The van der Waals surface area contributed by atoms with E-state index in [4.69, 9.17) is 4.84 Å². The van der Waals surface area contributed by atoms with E-state index in [1.165, 1.54) is 5.56 Å². The average molecular weight is 368 g/mol. The third-order valence-corrected chi connectivity index (χ3v) is 4.21. The third kappa shape index (κ3) is 6.03. The number of rotatable bonds is 6. The van der Waals surface area contributed by atoms with Gasteiger partial charge in [0.05, 0.1) is 6.21 Å². The number of benzene rings is 3. The molecule has 0 radical (unpaired) electrons. The van der Waals surface area contributed by atoms with Gasteiger partial charge in [0.2, 0.25) is 0 Å². The largest absolute Gasteiger partial charge is 0.379 e. The van der Waals surface area contributed by atoms with Gasteiger partial charge >= 0.3 is 0 Å². The maximum absolute atomic E-state index is 5.73. The van der Waals surface area contributed by atoms with Crippen LogP contribution < -0.4 is 4.90 Å². The molecule has 1 unspecified atom stereocenters. The van der Waals surface area contributed by atoms with E-state index in [9.17, 15) is 0 Å². The zero-order valence-electron chi connectivity index (χ0n) is 16.2. The van der Waals surface area contributed by atoms with Gasteiger partial charge in [-0.1, -0.05) is 77.7 Å². The minimum absolute atomic E-state index is 0.320. The quantitative estimate of drug-likeness (QED) is 0.356. The SMILES string of the molecule is CN(C)c1ccc(/C=N/OC(C#Cc2ccccc2)Cc2ccccc2)cc1. The molecule has 0 aliphatic carbocycles. The molecule has 0 heterocycles. The molecule has 3 aromatic rings. The second kappa shape index (κ2) is 9.99. The predicted molar refractivity (Wildman–Crippen MR) is 117 cm³/mol. The molecule has 140 valence electrons. The molecule has 28 heavy (non-hydrogen) atoms.